The van der Waals surface area contributed by atoms with Gasteiger partial charge >= 0.3 is 11.9 Å². The van der Waals surface area contributed by atoms with Crippen LogP contribution in [0, 0.1) is 17.3 Å². The van der Waals surface area contributed by atoms with Crippen LogP contribution in [-0.2, 0) is 27.1 Å². The minimum Gasteiger partial charge on any atom is -0.463 e. The van der Waals surface area contributed by atoms with Crippen molar-refractivity contribution in [2.45, 2.75) is 76.7 Å². The van der Waals surface area contributed by atoms with Crippen molar-refractivity contribution in [1.29, 1.82) is 0 Å². The largest absolute Gasteiger partial charge is 0.463 e. The number of carbonyl (C=O) groups is 2. The van der Waals surface area contributed by atoms with Crippen LogP contribution in [-0.4, -0.2) is 56.1 Å². The topological polar surface area (TPSA) is 65.1 Å². The second-order valence-electron chi connectivity index (χ2n) is 14.1. The quantitative estimate of drug-likeness (QED) is 0.0681. The summed E-state index contributed by atoms with van der Waals surface area (Å²) in [6.07, 6.45) is 8.86. The first kappa shape index (κ1) is 35.8. The van der Waals surface area contributed by atoms with Gasteiger partial charge in [-0.2, -0.15) is 0 Å². The Kier molecular flexibility index (Phi) is 12.2. The van der Waals surface area contributed by atoms with E-state index in [4.69, 9.17) is 37.4 Å². The average Bonchev–Trinajstić information content (AvgIpc) is 3.46. The molecule has 0 N–H and O–H groups in total. The number of rotatable bonds is 15. The summed E-state index contributed by atoms with van der Waals surface area (Å²) in [5.74, 6) is 3.07. The van der Waals surface area contributed by atoms with Crippen LogP contribution in [0.3, 0.4) is 0 Å². The second kappa shape index (κ2) is 16.8. The Morgan fingerprint density at radius 1 is 0.898 bits per heavy atom. The first-order valence-electron chi connectivity index (χ1n) is 18.0. The third kappa shape index (κ3) is 8.46. The fraction of sp³-hybridized carbons (Fsp3) is 0.512. The van der Waals surface area contributed by atoms with Crippen molar-refractivity contribution < 1.29 is 23.8 Å². The predicted molar refractivity (Wildman–Crippen MR) is 196 cm³/mol. The molecule has 2 saturated carbocycles. The molecule has 49 heavy (non-hydrogen) atoms. The molecule has 3 aliphatic rings. The zero-order valence-electron chi connectivity index (χ0n) is 28.6. The third-order valence-electron chi connectivity index (χ3n) is 11.4. The first-order chi connectivity index (χ1) is 23.9. The molecule has 0 spiro atoms. The lowest BCUT2D eigenvalue weighted by Crippen LogP contribution is -2.45. The SMILES string of the molecule is C[C@]12CC[C@@H]3c4ccc(OC(=O)c5ccccc5)cc4CC[C@H]3[C@@H]1CC[C@@H]2OCCOC(=O)CCCc1ccc(N(CCCl)CCCl)cc1. The molecule has 0 bridgehead atoms. The second-order valence-corrected chi connectivity index (χ2v) is 14.9. The van der Waals surface area contributed by atoms with Crippen LogP contribution >= 0.6 is 23.2 Å². The standard InChI is InChI=1S/C41H49Cl2NO5/c1-41-21-20-35-34-17-15-33(49-40(46)30-7-3-2-4-8-30)28-31(34)12-16-36(35)37(41)18-19-38(41)47-26-27-48-39(45)9-5-6-29-10-13-32(14-11-29)44(24-22-42)25-23-43/h2-4,7-8,10-11,13-15,17,28,35-38H,5-6,9,12,16,18-27H2,1H3/t35-,36-,37+,38+,41+/m1/s1. The monoisotopic (exact) mass is 705 g/mol. The van der Waals surface area contributed by atoms with Gasteiger partial charge in [-0.05, 0) is 128 Å². The van der Waals surface area contributed by atoms with E-state index in [1.807, 2.05) is 24.3 Å². The van der Waals surface area contributed by atoms with E-state index in [0.717, 1.165) is 63.7 Å². The lowest BCUT2D eigenvalue weighted by molar-refractivity contribution is -0.147. The molecule has 5 atom stereocenters. The summed E-state index contributed by atoms with van der Waals surface area (Å²) in [7, 11) is 0. The Labute approximate surface area is 301 Å². The molecule has 3 aromatic carbocycles. The van der Waals surface area contributed by atoms with E-state index in [1.165, 1.54) is 23.1 Å². The van der Waals surface area contributed by atoms with Crippen LogP contribution in [0.2, 0.25) is 0 Å². The number of ether oxygens (including phenoxy) is 3. The van der Waals surface area contributed by atoms with Crippen molar-refractivity contribution in [2.75, 3.05) is 43.0 Å². The maximum absolute atomic E-state index is 12.6. The number of fused-ring (bicyclic) bond motifs is 5. The van der Waals surface area contributed by atoms with Gasteiger partial charge in [0, 0.05) is 37.0 Å². The minimum atomic E-state index is -0.318. The number of esters is 2. The Balaban J connectivity index is 0.928. The fourth-order valence-corrected chi connectivity index (χ4v) is 9.30. The summed E-state index contributed by atoms with van der Waals surface area (Å²) >= 11 is 11.9. The molecule has 6 nitrogen and oxygen atoms in total. The van der Waals surface area contributed by atoms with E-state index in [0.29, 0.717) is 60.5 Å². The van der Waals surface area contributed by atoms with Gasteiger partial charge in [0.05, 0.1) is 18.3 Å². The molecule has 3 aromatic rings. The van der Waals surface area contributed by atoms with Gasteiger partial charge in [-0.3, -0.25) is 4.79 Å². The Morgan fingerprint density at radius 3 is 2.43 bits per heavy atom. The normalized spacial score (nSPS) is 24.0. The molecule has 0 aromatic heterocycles. The molecule has 2 fully saturated rings. The number of benzene rings is 3. The molecule has 3 aliphatic carbocycles. The van der Waals surface area contributed by atoms with E-state index in [-0.39, 0.29) is 23.5 Å². The number of aryl methyl sites for hydroxylation is 2. The smallest absolute Gasteiger partial charge is 0.343 e. The number of alkyl halides is 2. The molecule has 0 radical (unpaired) electrons. The van der Waals surface area contributed by atoms with E-state index in [2.05, 4.69) is 48.2 Å². The lowest BCUT2D eigenvalue weighted by Gasteiger charge is -2.50. The van der Waals surface area contributed by atoms with Crippen molar-refractivity contribution in [2.24, 2.45) is 17.3 Å². The van der Waals surface area contributed by atoms with Gasteiger partial charge in [-0.25, -0.2) is 4.79 Å². The average molecular weight is 707 g/mol. The fourth-order valence-electron chi connectivity index (χ4n) is 8.89. The predicted octanol–water partition coefficient (Wildman–Crippen LogP) is 9.00. The van der Waals surface area contributed by atoms with Crippen molar-refractivity contribution in [3.05, 3.63) is 95.1 Å². The van der Waals surface area contributed by atoms with Gasteiger partial charge in [-0.1, -0.05) is 43.3 Å². The highest BCUT2D eigenvalue weighted by Gasteiger charge is 2.55. The third-order valence-corrected chi connectivity index (χ3v) is 11.7. The maximum Gasteiger partial charge on any atom is 0.343 e. The van der Waals surface area contributed by atoms with Crippen LogP contribution in [0.25, 0.3) is 0 Å². The first-order valence-corrected chi connectivity index (χ1v) is 19.1. The van der Waals surface area contributed by atoms with Gasteiger partial charge in [0.1, 0.15) is 12.4 Å². The lowest BCUT2D eigenvalue weighted by atomic mass is 9.55. The highest BCUT2D eigenvalue weighted by molar-refractivity contribution is 6.18. The van der Waals surface area contributed by atoms with Crippen molar-refractivity contribution in [3.8, 4) is 5.75 Å². The van der Waals surface area contributed by atoms with Crippen LogP contribution in [0.4, 0.5) is 5.69 Å². The van der Waals surface area contributed by atoms with Gasteiger partial charge in [0.15, 0.2) is 0 Å². The maximum atomic E-state index is 12.6. The van der Waals surface area contributed by atoms with Crippen molar-refractivity contribution in [1.82, 2.24) is 0 Å². The Morgan fingerprint density at radius 2 is 1.67 bits per heavy atom. The zero-order chi connectivity index (χ0) is 34.2. The van der Waals surface area contributed by atoms with E-state index >= 15 is 0 Å². The molecule has 8 heteroatoms. The summed E-state index contributed by atoms with van der Waals surface area (Å²) in [5, 5.41) is 0. The zero-order valence-corrected chi connectivity index (χ0v) is 30.1. The van der Waals surface area contributed by atoms with Crippen LogP contribution in [0.5, 0.6) is 5.75 Å². The van der Waals surface area contributed by atoms with Gasteiger partial charge in [0.25, 0.3) is 0 Å². The molecule has 6 rings (SSSR count). The van der Waals surface area contributed by atoms with Crippen molar-refractivity contribution >= 4 is 40.8 Å². The number of carbonyl (C=O) groups excluding carboxylic acids is 2. The molecule has 0 amide bonds. The highest BCUT2D eigenvalue weighted by atomic mass is 35.5. The molecule has 0 unspecified atom stereocenters. The summed E-state index contributed by atoms with van der Waals surface area (Å²) in [4.78, 5) is 27.3. The van der Waals surface area contributed by atoms with Gasteiger partial charge in [-0.15, -0.1) is 23.2 Å². The van der Waals surface area contributed by atoms with E-state index in [9.17, 15) is 9.59 Å². The summed E-state index contributed by atoms with van der Waals surface area (Å²) in [6, 6.07) is 23.8. The minimum absolute atomic E-state index is 0.147. The molecule has 262 valence electrons. The number of halogens is 2. The summed E-state index contributed by atoms with van der Waals surface area (Å²) < 4.78 is 17.8. The summed E-state index contributed by atoms with van der Waals surface area (Å²) in [6.45, 7) is 4.71. The van der Waals surface area contributed by atoms with E-state index < -0.39 is 0 Å². The molecule has 0 saturated heterocycles. The van der Waals surface area contributed by atoms with Crippen LogP contribution < -0.4 is 9.64 Å². The number of hydrogen-bond acceptors (Lipinski definition) is 6. The van der Waals surface area contributed by atoms with E-state index in [1.54, 1.807) is 12.1 Å². The number of hydrogen-bond donors (Lipinski definition) is 0. The number of anilines is 1. The van der Waals surface area contributed by atoms with Crippen LogP contribution in [0.1, 0.15) is 84.8 Å². The Hall–Kier alpha value is -3.06. The molecular weight excluding hydrogens is 657 g/mol. The Bertz CT molecular complexity index is 1540. The van der Waals surface area contributed by atoms with Crippen molar-refractivity contribution in [3.63, 3.8) is 0 Å². The van der Waals surface area contributed by atoms with Crippen LogP contribution in [0.15, 0.2) is 72.8 Å². The molecule has 0 heterocycles. The molecular formula is C41H49Cl2NO5. The highest BCUT2D eigenvalue weighted by Crippen LogP contribution is 2.61. The van der Waals surface area contributed by atoms with Gasteiger partial charge in [0.2, 0.25) is 0 Å². The van der Waals surface area contributed by atoms with Gasteiger partial charge < -0.3 is 19.1 Å². The number of nitrogens with zero attached hydrogens (tertiary/aromatic N) is 1. The summed E-state index contributed by atoms with van der Waals surface area (Å²) in [5.41, 5.74) is 5.78. The molecule has 0 aliphatic heterocycles.